The highest BCUT2D eigenvalue weighted by Gasteiger charge is 2.12. The molecule has 0 aromatic carbocycles. The van der Waals surface area contributed by atoms with Crippen LogP contribution in [0.5, 0.6) is 0 Å². The molecule has 0 aliphatic carbocycles. The predicted molar refractivity (Wildman–Crippen MR) is 52.2 cm³/mol. The molecule has 0 radical (unpaired) electrons. The average Bonchev–Trinajstić information content (AvgIpc) is 2.14. The molecular weight excluding hydrogens is 224 g/mol. The summed E-state index contributed by atoms with van der Waals surface area (Å²) in [6.07, 6.45) is 0.161. The molecule has 0 rings (SSSR count). The molecule has 0 fully saturated rings. The zero-order chi connectivity index (χ0) is 11.9. The molecule has 8 heteroatoms. The standard InChI is InChI=1S/C7H14N2O5S/c1-14-7(11)3-2-4-15(12,13)9-5-6(8)10/h9H,2-5H2,1H3,(H2,8,10). The van der Waals surface area contributed by atoms with Crippen molar-refractivity contribution in [3.63, 3.8) is 0 Å². The van der Waals surface area contributed by atoms with Crippen LogP contribution in [0.25, 0.3) is 0 Å². The highest BCUT2D eigenvalue weighted by molar-refractivity contribution is 7.89. The van der Waals surface area contributed by atoms with Gasteiger partial charge >= 0.3 is 5.97 Å². The molecule has 0 unspecified atom stereocenters. The number of hydrogen-bond donors (Lipinski definition) is 2. The second kappa shape index (κ2) is 6.36. The maximum Gasteiger partial charge on any atom is 0.305 e. The van der Waals surface area contributed by atoms with Gasteiger partial charge in [0.2, 0.25) is 15.9 Å². The summed E-state index contributed by atoms with van der Waals surface area (Å²) in [7, 11) is -2.31. The lowest BCUT2D eigenvalue weighted by molar-refractivity contribution is -0.140. The number of primary amides is 1. The molecule has 0 saturated heterocycles. The smallest absolute Gasteiger partial charge is 0.305 e. The molecule has 7 nitrogen and oxygen atoms in total. The summed E-state index contributed by atoms with van der Waals surface area (Å²) in [4.78, 5) is 20.9. The number of methoxy groups -OCH3 is 1. The number of esters is 1. The normalized spacial score (nSPS) is 11.0. The maximum absolute atomic E-state index is 11.1. The van der Waals surface area contributed by atoms with Crippen LogP contribution in [-0.2, 0) is 24.3 Å². The van der Waals surface area contributed by atoms with Crippen LogP contribution in [0, 0.1) is 0 Å². The van der Waals surface area contributed by atoms with Crippen molar-refractivity contribution in [3.05, 3.63) is 0 Å². The van der Waals surface area contributed by atoms with E-state index in [-0.39, 0.29) is 18.6 Å². The number of hydrogen-bond acceptors (Lipinski definition) is 5. The Labute approximate surface area is 88.0 Å². The first-order valence-electron chi connectivity index (χ1n) is 4.20. The number of nitrogens with two attached hydrogens (primary N) is 1. The zero-order valence-electron chi connectivity index (χ0n) is 8.36. The quantitative estimate of drug-likeness (QED) is 0.515. The van der Waals surface area contributed by atoms with Crippen molar-refractivity contribution < 1.29 is 22.7 Å². The van der Waals surface area contributed by atoms with Gasteiger partial charge in [-0.15, -0.1) is 0 Å². The molecule has 0 aromatic heterocycles. The fourth-order valence-corrected chi connectivity index (χ4v) is 1.79. The van der Waals surface area contributed by atoms with Gasteiger partial charge in [-0.1, -0.05) is 0 Å². The number of sulfonamides is 1. The van der Waals surface area contributed by atoms with Gasteiger partial charge in [0.15, 0.2) is 0 Å². The molecule has 0 aliphatic heterocycles. The van der Waals surface area contributed by atoms with E-state index in [4.69, 9.17) is 5.73 Å². The number of ether oxygens (including phenoxy) is 1. The minimum atomic E-state index is -3.54. The largest absolute Gasteiger partial charge is 0.469 e. The van der Waals surface area contributed by atoms with E-state index in [1.54, 1.807) is 0 Å². The van der Waals surface area contributed by atoms with Crippen molar-refractivity contribution in [3.8, 4) is 0 Å². The lowest BCUT2D eigenvalue weighted by Gasteiger charge is -2.03. The summed E-state index contributed by atoms with van der Waals surface area (Å²) in [6, 6.07) is 0. The first-order chi connectivity index (χ1) is 6.87. The minimum absolute atomic E-state index is 0.0218. The first kappa shape index (κ1) is 13.8. The Morgan fingerprint density at radius 2 is 2.00 bits per heavy atom. The summed E-state index contributed by atoms with van der Waals surface area (Å²) in [5.74, 6) is -1.47. The van der Waals surface area contributed by atoms with E-state index in [9.17, 15) is 18.0 Å². The van der Waals surface area contributed by atoms with E-state index in [0.717, 1.165) is 0 Å². The maximum atomic E-state index is 11.1. The van der Waals surface area contributed by atoms with Crippen molar-refractivity contribution in [1.29, 1.82) is 0 Å². The second-order valence-corrected chi connectivity index (χ2v) is 4.71. The summed E-state index contributed by atoms with van der Waals surface area (Å²) in [5, 5.41) is 0. The lowest BCUT2D eigenvalue weighted by atomic mass is 10.3. The highest BCUT2D eigenvalue weighted by Crippen LogP contribution is 1.95. The Bertz CT molecular complexity index is 324. The van der Waals surface area contributed by atoms with Gasteiger partial charge in [-0.2, -0.15) is 0 Å². The number of nitrogens with one attached hydrogen (secondary N) is 1. The Morgan fingerprint density at radius 1 is 1.40 bits per heavy atom. The van der Waals surface area contributed by atoms with Crippen LogP contribution in [0.15, 0.2) is 0 Å². The highest BCUT2D eigenvalue weighted by atomic mass is 32.2. The first-order valence-corrected chi connectivity index (χ1v) is 5.85. The number of carbonyl (C=O) groups excluding carboxylic acids is 2. The van der Waals surface area contributed by atoms with E-state index in [1.165, 1.54) is 7.11 Å². The van der Waals surface area contributed by atoms with E-state index in [2.05, 4.69) is 4.74 Å². The van der Waals surface area contributed by atoms with E-state index >= 15 is 0 Å². The molecule has 88 valence electrons. The molecule has 0 aliphatic rings. The molecule has 15 heavy (non-hydrogen) atoms. The zero-order valence-corrected chi connectivity index (χ0v) is 9.17. The Balaban J connectivity index is 3.84. The Morgan fingerprint density at radius 3 is 2.47 bits per heavy atom. The van der Waals surface area contributed by atoms with E-state index in [0.29, 0.717) is 0 Å². The molecule has 0 saturated carbocycles. The molecule has 0 bridgehead atoms. The van der Waals surface area contributed by atoms with E-state index < -0.39 is 28.4 Å². The SMILES string of the molecule is COC(=O)CCCS(=O)(=O)NCC(N)=O. The van der Waals surface area contributed by atoms with Crippen LogP contribution in [0.1, 0.15) is 12.8 Å². The molecule has 3 N–H and O–H groups in total. The van der Waals surface area contributed by atoms with Gasteiger partial charge < -0.3 is 10.5 Å². The van der Waals surface area contributed by atoms with Crippen molar-refractivity contribution in [2.75, 3.05) is 19.4 Å². The second-order valence-electron chi connectivity index (χ2n) is 2.79. The Hall–Kier alpha value is -1.15. The van der Waals surface area contributed by atoms with Gasteiger partial charge in [0, 0.05) is 6.42 Å². The Kier molecular flexibility index (Phi) is 5.87. The van der Waals surface area contributed by atoms with Crippen LogP contribution in [0.2, 0.25) is 0 Å². The fourth-order valence-electron chi connectivity index (χ4n) is 0.762. The van der Waals surface area contributed by atoms with E-state index in [1.807, 2.05) is 4.72 Å². The number of carbonyl (C=O) groups is 2. The van der Waals surface area contributed by atoms with Crippen LogP contribution >= 0.6 is 0 Å². The summed E-state index contributed by atoms with van der Waals surface area (Å²) >= 11 is 0. The van der Waals surface area contributed by atoms with Gasteiger partial charge in [-0.25, -0.2) is 13.1 Å². The third-order valence-electron chi connectivity index (χ3n) is 1.49. The molecule has 0 atom stereocenters. The van der Waals surface area contributed by atoms with Crippen LogP contribution in [0.4, 0.5) is 0 Å². The van der Waals surface area contributed by atoms with Gasteiger partial charge in [-0.05, 0) is 6.42 Å². The minimum Gasteiger partial charge on any atom is -0.469 e. The molecule has 1 amide bonds. The molecule has 0 heterocycles. The number of rotatable bonds is 7. The molecule has 0 aromatic rings. The average molecular weight is 238 g/mol. The van der Waals surface area contributed by atoms with Crippen molar-refractivity contribution in [1.82, 2.24) is 4.72 Å². The van der Waals surface area contributed by atoms with Gasteiger partial charge in [0.05, 0.1) is 19.4 Å². The van der Waals surface area contributed by atoms with Gasteiger partial charge in [0.25, 0.3) is 0 Å². The van der Waals surface area contributed by atoms with Crippen molar-refractivity contribution >= 4 is 21.9 Å². The van der Waals surface area contributed by atoms with Crippen molar-refractivity contribution in [2.24, 2.45) is 5.73 Å². The lowest BCUT2D eigenvalue weighted by Crippen LogP contribution is -2.34. The monoisotopic (exact) mass is 238 g/mol. The number of amides is 1. The molecular formula is C7H14N2O5S. The molecule has 0 spiro atoms. The van der Waals surface area contributed by atoms with Gasteiger partial charge in [0.1, 0.15) is 0 Å². The van der Waals surface area contributed by atoms with Crippen LogP contribution in [-0.4, -0.2) is 39.7 Å². The third kappa shape index (κ3) is 7.89. The van der Waals surface area contributed by atoms with Crippen molar-refractivity contribution in [2.45, 2.75) is 12.8 Å². The van der Waals surface area contributed by atoms with Gasteiger partial charge in [-0.3, -0.25) is 9.59 Å². The predicted octanol–water partition coefficient (Wildman–Crippen LogP) is -1.66. The summed E-state index contributed by atoms with van der Waals surface area (Å²) in [5.41, 5.74) is 4.76. The summed E-state index contributed by atoms with van der Waals surface area (Å²) in [6.45, 7) is -0.430. The topological polar surface area (TPSA) is 116 Å². The third-order valence-corrected chi connectivity index (χ3v) is 2.90. The fraction of sp³-hybridized carbons (Fsp3) is 0.714. The van der Waals surface area contributed by atoms with Crippen LogP contribution < -0.4 is 10.5 Å². The van der Waals surface area contributed by atoms with Crippen LogP contribution in [0.3, 0.4) is 0 Å². The summed E-state index contributed by atoms with van der Waals surface area (Å²) < 4.78 is 28.6.